The molecule has 0 saturated heterocycles. The van der Waals surface area contributed by atoms with Gasteiger partial charge in [0.25, 0.3) is 0 Å². The third kappa shape index (κ3) is 2.42. The van der Waals surface area contributed by atoms with Crippen LogP contribution < -0.4 is 4.90 Å². The first-order chi connectivity index (χ1) is 10.1. The minimum absolute atomic E-state index is 0.0172. The van der Waals surface area contributed by atoms with Gasteiger partial charge in [-0.05, 0) is 36.8 Å². The molecule has 0 spiro atoms. The normalized spacial score (nSPS) is 12.7. The van der Waals surface area contributed by atoms with Crippen molar-refractivity contribution in [2.24, 2.45) is 0 Å². The average Bonchev–Trinajstić information content (AvgIpc) is 2.92. The van der Waals surface area contributed by atoms with Crippen molar-refractivity contribution in [1.29, 1.82) is 0 Å². The van der Waals surface area contributed by atoms with Gasteiger partial charge in [-0.3, -0.25) is 9.59 Å². The summed E-state index contributed by atoms with van der Waals surface area (Å²) in [6, 6.07) is 9.85. The summed E-state index contributed by atoms with van der Waals surface area (Å²) < 4.78 is 2.07. The summed E-state index contributed by atoms with van der Waals surface area (Å²) in [5.41, 5.74) is 3.94. The molecule has 5 heteroatoms. The molecule has 1 amide bonds. The number of carboxylic acid groups (broad SMARTS) is 1. The van der Waals surface area contributed by atoms with Gasteiger partial charge in [-0.2, -0.15) is 0 Å². The monoisotopic (exact) mass is 284 g/mol. The zero-order valence-corrected chi connectivity index (χ0v) is 11.7. The van der Waals surface area contributed by atoms with Crippen molar-refractivity contribution in [3.63, 3.8) is 0 Å². The van der Waals surface area contributed by atoms with Gasteiger partial charge in [0.2, 0.25) is 5.91 Å². The highest BCUT2D eigenvalue weighted by atomic mass is 16.4. The van der Waals surface area contributed by atoms with E-state index in [0.29, 0.717) is 6.54 Å². The molecule has 0 bridgehead atoms. The topological polar surface area (TPSA) is 62.5 Å². The van der Waals surface area contributed by atoms with Crippen LogP contribution in [0.25, 0.3) is 5.69 Å². The van der Waals surface area contributed by atoms with Gasteiger partial charge in [-0.15, -0.1) is 0 Å². The Hall–Kier alpha value is -2.56. The molecular weight excluding hydrogens is 268 g/mol. The van der Waals surface area contributed by atoms with Gasteiger partial charge in [0.05, 0.1) is 24.3 Å². The molecule has 0 fully saturated rings. The maximum atomic E-state index is 12.3. The number of carboxylic acids is 1. The Bertz CT molecular complexity index is 718. The van der Waals surface area contributed by atoms with Crippen LogP contribution in [0.5, 0.6) is 0 Å². The summed E-state index contributed by atoms with van der Waals surface area (Å²) in [5, 5.41) is 8.74. The van der Waals surface area contributed by atoms with Gasteiger partial charge in [-0.1, -0.05) is 6.07 Å². The van der Waals surface area contributed by atoms with Gasteiger partial charge >= 0.3 is 5.97 Å². The number of fused-ring (bicyclic) bond motifs is 3. The molecule has 0 atom stereocenters. The number of anilines is 1. The number of carbonyl (C=O) groups is 2. The van der Waals surface area contributed by atoms with Gasteiger partial charge in [-0.25, -0.2) is 0 Å². The molecule has 1 N–H and O–H groups in total. The Labute approximate surface area is 122 Å². The van der Waals surface area contributed by atoms with Crippen molar-refractivity contribution in [2.45, 2.75) is 26.3 Å². The van der Waals surface area contributed by atoms with Crippen molar-refractivity contribution >= 4 is 17.6 Å². The van der Waals surface area contributed by atoms with Crippen LogP contribution >= 0.6 is 0 Å². The minimum atomic E-state index is -0.951. The minimum Gasteiger partial charge on any atom is -0.481 e. The smallest absolute Gasteiger partial charge is 0.303 e. The zero-order chi connectivity index (χ0) is 15.0. The van der Waals surface area contributed by atoms with Crippen LogP contribution in [0.3, 0.4) is 0 Å². The van der Waals surface area contributed by atoms with Crippen LogP contribution in [0.2, 0.25) is 0 Å². The van der Waals surface area contributed by atoms with Crippen molar-refractivity contribution < 1.29 is 14.7 Å². The van der Waals surface area contributed by atoms with Crippen LogP contribution in [0.4, 0.5) is 5.69 Å². The highest BCUT2D eigenvalue weighted by molar-refractivity contribution is 5.97. The molecule has 3 rings (SSSR count). The molecule has 1 aromatic carbocycles. The number of aromatic nitrogens is 1. The van der Waals surface area contributed by atoms with Crippen molar-refractivity contribution in [2.75, 3.05) is 4.90 Å². The lowest BCUT2D eigenvalue weighted by Crippen LogP contribution is -2.35. The number of amides is 1. The van der Waals surface area contributed by atoms with Gasteiger partial charge in [0, 0.05) is 18.3 Å². The van der Waals surface area contributed by atoms with Crippen molar-refractivity contribution in [3.8, 4) is 5.69 Å². The van der Waals surface area contributed by atoms with Crippen LogP contribution in [0, 0.1) is 6.92 Å². The second-order valence-electron chi connectivity index (χ2n) is 5.24. The molecule has 21 heavy (non-hydrogen) atoms. The molecule has 1 aliphatic heterocycles. The first-order valence-electron chi connectivity index (χ1n) is 6.85. The summed E-state index contributed by atoms with van der Waals surface area (Å²) in [7, 11) is 0. The zero-order valence-electron chi connectivity index (χ0n) is 11.7. The number of nitrogens with zero attached hydrogens (tertiary/aromatic N) is 2. The van der Waals surface area contributed by atoms with Crippen molar-refractivity contribution in [3.05, 3.63) is 47.8 Å². The third-order valence-corrected chi connectivity index (χ3v) is 3.69. The number of hydrogen-bond donors (Lipinski definition) is 1. The highest BCUT2D eigenvalue weighted by Gasteiger charge is 2.26. The van der Waals surface area contributed by atoms with E-state index in [2.05, 4.69) is 4.57 Å². The van der Waals surface area contributed by atoms with E-state index in [1.165, 1.54) is 0 Å². The fourth-order valence-electron chi connectivity index (χ4n) is 2.65. The molecular formula is C16H16N2O3. The Morgan fingerprint density at radius 1 is 1.19 bits per heavy atom. The molecule has 0 aliphatic carbocycles. The Balaban J connectivity index is 1.98. The van der Waals surface area contributed by atoms with Gasteiger partial charge in [0.1, 0.15) is 0 Å². The lowest BCUT2D eigenvalue weighted by atomic mass is 10.1. The SMILES string of the molecule is Cc1ccc2c(c1)-n1cccc1CN2C(=O)CCC(=O)O. The van der Waals surface area contributed by atoms with E-state index >= 15 is 0 Å². The molecule has 1 aliphatic rings. The van der Waals surface area contributed by atoms with Crippen LogP contribution in [0.1, 0.15) is 24.1 Å². The number of rotatable bonds is 3. The van der Waals surface area contributed by atoms with Crippen LogP contribution in [0.15, 0.2) is 36.5 Å². The summed E-state index contributed by atoms with van der Waals surface area (Å²) in [6.45, 7) is 2.48. The molecule has 5 nitrogen and oxygen atoms in total. The summed E-state index contributed by atoms with van der Waals surface area (Å²) >= 11 is 0. The molecule has 2 aromatic rings. The second kappa shape index (κ2) is 5.09. The molecule has 2 heterocycles. The van der Waals surface area contributed by atoms with E-state index in [-0.39, 0.29) is 18.7 Å². The number of aliphatic carboxylic acids is 1. The summed E-state index contributed by atoms with van der Waals surface area (Å²) in [4.78, 5) is 24.7. The number of carbonyl (C=O) groups excluding carboxylic acids is 1. The van der Waals surface area contributed by atoms with E-state index in [4.69, 9.17) is 5.11 Å². The quantitative estimate of drug-likeness (QED) is 0.942. The van der Waals surface area contributed by atoms with Gasteiger partial charge < -0.3 is 14.6 Å². The molecule has 0 saturated carbocycles. The fraction of sp³-hybridized carbons (Fsp3) is 0.250. The molecule has 0 unspecified atom stereocenters. The van der Waals surface area contributed by atoms with Gasteiger partial charge in [0.15, 0.2) is 0 Å². The largest absolute Gasteiger partial charge is 0.481 e. The number of aryl methyl sites for hydroxylation is 1. The lowest BCUT2D eigenvalue weighted by molar-refractivity contribution is -0.138. The Morgan fingerprint density at radius 2 is 2.00 bits per heavy atom. The third-order valence-electron chi connectivity index (χ3n) is 3.69. The first-order valence-corrected chi connectivity index (χ1v) is 6.85. The fourth-order valence-corrected chi connectivity index (χ4v) is 2.65. The number of hydrogen-bond acceptors (Lipinski definition) is 2. The highest BCUT2D eigenvalue weighted by Crippen LogP contribution is 2.33. The molecule has 0 radical (unpaired) electrons. The van der Waals surface area contributed by atoms with E-state index < -0.39 is 5.97 Å². The molecule has 1 aromatic heterocycles. The maximum Gasteiger partial charge on any atom is 0.303 e. The first kappa shape index (κ1) is 13.4. The Kier molecular flexibility index (Phi) is 3.25. The average molecular weight is 284 g/mol. The number of benzene rings is 1. The summed E-state index contributed by atoms with van der Waals surface area (Å²) in [5.74, 6) is -1.11. The van der Waals surface area contributed by atoms with Crippen LogP contribution in [-0.2, 0) is 16.1 Å². The van der Waals surface area contributed by atoms with E-state index in [1.54, 1.807) is 4.90 Å². The predicted molar refractivity (Wildman–Crippen MR) is 78.6 cm³/mol. The van der Waals surface area contributed by atoms with E-state index in [0.717, 1.165) is 22.6 Å². The van der Waals surface area contributed by atoms with E-state index in [1.807, 2.05) is 43.5 Å². The second-order valence-corrected chi connectivity index (χ2v) is 5.24. The van der Waals surface area contributed by atoms with Crippen LogP contribution in [-0.4, -0.2) is 21.6 Å². The predicted octanol–water partition coefficient (Wildman–Crippen LogP) is 2.50. The summed E-state index contributed by atoms with van der Waals surface area (Å²) in [6.07, 6.45) is 1.85. The Morgan fingerprint density at radius 3 is 2.76 bits per heavy atom. The molecule has 108 valence electrons. The standard InChI is InChI=1S/C16H16N2O3/c1-11-4-5-13-14(9-11)17-8-2-3-12(17)10-18(13)15(19)6-7-16(20)21/h2-5,8-9H,6-7,10H2,1H3,(H,20,21). The van der Waals surface area contributed by atoms with E-state index in [9.17, 15) is 9.59 Å². The maximum absolute atomic E-state index is 12.3. The lowest BCUT2D eigenvalue weighted by Gasteiger charge is -2.31. The van der Waals surface area contributed by atoms with Crippen molar-refractivity contribution in [1.82, 2.24) is 4.57 Å².